The first-order chi connectivity index (χ1) is 14.7. The van der Waals surface area contributed by atoms with Crippen LogP contribution in [-0.2, 0) is 23.9 Å². The molecule has 0 spiro atoms. The Kier molecular flexibility index (Phi) is 7.12. The molecule has 3 atom stereocenters. The maximum absolute atomic E-state index is 13.6. The maximum atomic E-state index is 13.6. The highest BCUT2D eigenvalue weighted by Crippen LogP contribution is 2.46. The molecule has 1 aromatic carbocycles. The lowest BCUT2D eigenvalue weighted by Crippen LogP contribution is -2.43. The van der Waals surface area contributed by atoms with Crippen LogP contribution in [-0.4, -0.2) is 31.4 Å². The Morgan fingerprint density at radius 2 is 1.94 bits per heavy atom. The second-order valence-electron chi connectivity index (χ2n) is 7.84. The molecular weight excluding hydrogens is 441 g/mol. The van der Waals surface area contributed by atoms with E-state index in [-0.39, 0.29) is 18.3 Å². The van der Waals surface area contributed by atoms with Crippen molar-refractivity contribution in [3.8, 4) is 0 Å². The van der Waals surface area contributed by atoms with Crippen molar-refractivity contribution in [2.75, 3.05) is 13.7 Å². The first-order valence-electron chi connectivity index (χ1n) is 10.2. The number of ether oxygens (including phenoxy) is 2. The Bertz CT molecular complexity index is 998. The lowest BCUT2D eigenvalue weighted by Gasteiger charge is -2.38. The van der Waals surface area contributed by atoms with Crippen molar-refractivity contribution >= 4 is 40.9 Å². The summed E-state index contributed by atoms with van der Waals surface area (Å²) >= 11 is 12.4. The minimum atomic E-state index is -0.942. The number of esters is 2. The highest BCUT2D eigenvalue weighted by atomic mass is 35.5. The molecule has 31 heavy (non-hydrogen) atoms. The van der Waals surface area contributed by atoms with E-state index in [1.807, 2.05) is 13.8 Å². The number of ketones is 1. The van der Waals surface area contributed by atoms with Gasteiger partial charge in [0.25, 0.3) is 0 Å². The van der Waals surface area contributed by atoms with Crippen LogP contribution in [0.25, 0.3) is 0 Å². The molecule has 0 radical (unpaired) electrons. The molecule has 0 amide bonds. The summed E-state index contributed by atoms with van der Waals surface area (Å²) in [6.45, 7) is 5.77. The van der Waals surface area contributed by atoms with E-state index < -0.39 is 23.8 Å². The molecule has 1 N–H and O–H groups in total. The number of allylic oxidation sites excluding steroid dienone is 3. The fourth-order valence-electron chi connectivity index (χ4n) is 4.25. The molecule has 8 heteroatoms. The number of methoxy groups -OCH3 is 1. The van der Waals surface area contributed by atoms with Gasteiger partial charge in [-0.05, 0) is 43.4 Å². The Labute approximate surface area is 191 Å². The largest absolute Gasteiger partial charge is 0.468 e. The highest BCUT2D eigenvalue weighted by molar-refractivity contribution is 6.42. The van der Waals surface area contributed by atoms with Gasteiger partial charge in [0.2, 0.25) is 0 Å². The molecule has 3 rings (SSSR count). The van der Waals surface area contributed by atoms with Gasteiger partial charge in [0, 0.05) is 22.9 Å². The highest BCUT2D eigenvalue weighted by Gasteiger charge is 2.47. The Morgan fingerprint density at radius 1 is 1.23 bits per heavy atom. The number of nitrogens with one attached hydrogen (secondary N) is 1. The molecule has 0 unspecified atom stereocenters. The lowest BCUT2D eigenvalue weighted by atomic mass is 9.69. The molecule has 0 saturated carbocycles. The summed E-state index contributed by atoms with van der Waals surface area (Å²) in [6.07, 6.45) is 1.13. The maximum Gasteiger partial charge on any atom is 0.336 e. The molecule has 1 aliphatic carbocycles. The minimum Gasteiger partial charge on any atom is -0.468 e. The summed E-state index contributed by atoms with van der Waals surface area (Å²) in [6, 6.07) is 5.00. The smallest absolute Gasteiger partial charge is 0.336 e. The summed E-state index contributed by atoms with van der Waals surface area (Å²) < 4.78 is 10.3. The molecule has 1 heterocycles. The first-order valence-corrected chi connectivity index (χ1v) is 10.9. The van der Waals surface area contributed by atoms with Crippen molar-refractivity contribution in [3.63, 3.8) is 0 Å². The van der Waals surface area contributed by atoms with Crippen LogP contribution in [0.1, 0.15) is 45.1 Å². The van der Waals surface area contributed by atoms with Crippen molar-refractivity contribution < 1.29 is 23.9 Å². The van der Waals surface area contributed by atoms with Gasteiger partial charge in [-0.15, -0.1) is 0 Å². The predicted molar refractivity (Wildman–Crippen MR) is 118 cm³/mol. The van der Waals surface area contributed by atoms with E-state index in [0.717, 1.165) is 0 Å². The zero-order valence-electron chi connectivity index (χ0n) is 17.9. The third-order valence-corrected chi connectivity index (χ3v) is 6.42. The topological polar surface area (TPSA) is 81.7 Å². The molecule has 166 valence electrons. The zero-order valence-corrected chi connectivity index (χ0v) is 19.4. The third kappa shape index (κ3) is 4.37. The van der Waals surface area contributed by atoms with Crippen LogP contribution in [0.15, 0.2) is 40.7 Å². The summed E-state index contributed by atoms with van der Waals surface area (Å²) in [4.78, 5) is 39.0. The van der Waals surface area contributed by atoms with Crippen molar-refractivity contribution in [1.29, 1.82) is 0 Å². The molecule has 1 aromatic rings. The van der Waals surface area contributed by atoms with Crippen LogP contribution in [0, 0.1) is 11.8 Å². The van der Waals surface area contributed by atoms with Crippen molar-refractivity contribution in [1.82, 2.24) is 5.32 Å². The standard InChI is InChI=1S/C23H25Cl2NO5/c1-5-8-31-23(29)18-12(3)26-16-9-11(2)17(22(28)30-4)21(27)20(16)19(18)13-6-7-14(24)15(25)10-13/h6-7,10-11,17,19,26H,5,8-9H2,1-4H3/t11-,17-,19+/m0/s1. The van der Waals surface area contributed by atoms with E-state index in [1.54, 1.807) is 25.1 Å². The van der Waals surface area contributed by atoms with E-state index in [2.05, 4.69) is 5.32 Å². The molecule has 0 saturated heterocycles. The fourth-order valence-corrected chi connectivity index (χ4v) is 4.56. The van der Waals surface area contributed by atoms with Gasteiger partial charge in [-0.1, -0.05) is 43.1 Å². The number of rotatable bonds is 5. The molecule has 1 aliphatic heterocycles. The number of carbonyl (C=O) groups excluding carboxylic acids is 3. The van der Waals surface area contributed by atoms with Crippen LogP contribution < -0.4 is 5.32 Å². The fraction of sp³-hybridized carbons (Fsp3) is 0.435. The SMILES string of the molecule is CCCOC(=O)C1=C(C)NC2=C(C(=O)[C@@H](C(=O)OC)[C@@H](C)C2)[C@@H]1c1ccc(Cl)c(Cl)c1. The van der Waals surface area contributed by atoms with Gasteiger partial charge < -0.3 is 14.8 Å². The number of hydrogen-bond donors (Lipinski definition) is 1. The minimum absolute atomic E-state index is 0.248. The second kappa shape index (κ2) is 9.45. The summed E-state index contributed by atoms with van der Waals surface area (Å²) in [7, 11) is 1.26. The molecule has 0 fully saturated rings. The van der Waals surface area contributed by atoms with E-state index >= 15 is 0 Å². The van der Waals surface area contributed by atoms with Gasteiger partial charge in [-0.25, -0.2) is 4.79 Å². The quantitative estimate of drug-likeness (QED) is 0.506. The first kappa shape index (κ1) is 23.4. The van der Waals surface area contributed by atoms with Gasteiger partial charge in [0.15, 0.2) is 5.78 Å². The molecule has 2 aliphatic rings. The average Bonchev–Trinajstić information content (AvgIpc) is 2.72. The molecule has 0 aromatic heterocycles. The predicted octanol–water partition coefficient (Wildman–Crippen LogP) is 4.56. The van der Waals surface area contributed by atoms with Crippen LogP contribution in [0.4, 0.5) is 0 Å². The number of benzene rings is 1. The molecular formula is C23H25Cl2NO5. The number of Topliss-reactive ketones (excluding diaryl/α,β-unsaturated/α-hetero) is 1. The lowest BCUT2D eigenvalue weighted by molar-refractivity contribution is -0.151. The number of carbonyl (C=O) groups is 3. The Hall–Kier alpha value is -2.31. The number of dihydropyridines is 1. The third-order valence-electron chi connectivity index (χ3n) is 5.68. The summed E-state index contributed by atoms with van der Waals surface area (Å²) in [5.41, 5.74) is 2.60. The van der Waals surface area contributed by atoms with Crippen LogP contribution in [0.5, 0.6) is 0 Å². The van der Waals surface area contributed by atoms with E-state index in [4.69, 9.17) is 32.7 Å². The monoisotopic (exact) mass is 465 g/mol. The van der Waals surface area contributed by atoms with Crippen molar-refractivity contribution in [2.24, 2.45) is 11.8 Å². The van der Waals surface area contributed by atoms with Gasteiger partial charge >= 0.3 is 11.9 Å². The summed E-state index contributed by atoms with van der Waals surface area (Å²) in [5.74, 6) is -3.39. The molecule has 6 nitrogen and oxygen atoms in total. The van der Waals surface area contributed by atoms with E-state index in [0.29, 0.717) is 51.0 Å². The Balaban J connectivity index is 2.18. The van der Waals surface area contributed by atoms with Crippen LogP contribution in [0.2, 0.25) is 10.0 Å². The average molecular weight is 466 g/mol. The Morgan fingerprint density at radius 3 is 2.55 bits per heavy atom. The van der Waals surface area contributed by atoms with E-state index in [9.17, 15) is 14.4 Å². The zero-order chi connectivity index (χ0) is 22.9. The van der Waals surface area contributed by atoms with Gasteiger partial charge in [0.1, 0.15) is 5.92 Å². The van der Waals surface area contributed by atoms with Crippen molar-refractivity contribution in [2.45, 2.75) is 39.5 Å². The normalized spacial score (nSPS) is 23.3. The number of halogens is 2. The van der Waals surface area contributed by atoms with Crippen molar-refractivity contribution in [3.05, 3.63) is 56.3 Å². The second-order valence-corrected chi connectivity index (χ2v) is 8.66. The van der Waals surface area contributed by atoms with Gasteiger partial charge in [0.05, 0.1) is 29.3 Å². The van der Waals surface area contributed by atoms with Crippen LogP contribution in [0.3, 0.4) is 0 Å². The van der Waals surface area contributed by atoms with Gasteiger partial charge in [-0.2, -0.15) is 0 Å². The van der Waals surface area contributed by atoms with E-state index in [1.165, 1.54) is 7.11 Å². The number of hydrogen-bond acceptors (Lipinski definition) is 6. The van der Waals surface area contributed by atoms with Crippen LogP contribution >= 0.6 is 23.2 Å². The van der Waals surface area contributed by atoms with Gasteiger partial charge in [-0.3, -0.25) is 9.59 Å². The summed E-state index contributed by atoms with van der Waals surface area (Å²) in [5, 5.41) is 3.88. The molecule has 0 bridgehead atoms.